The van der Waals surface area contributed by atoms with Gasteiger partial charge in [0.05, 0.1) is 19.5 Å². The highest BCUT2D eigenvalue weighted by Crippen LogP contribution is 2.25. The SMILES string of the molecule is COc1c(NC(C)c2ccccc2N)nc[nH]c1=O. The molecule has 0 amide bonds. The van der Waals surface area contributed by atoms with Crippen molar-refractivity contribution in [2.45, 2.75) is 13.0 Å². The first-order valence-electron chi connectivity index (χ1n) is 5.86. The lowest BCUT2D eigenvalue weighted by Crippen LogP contribution is -2.16. The fraction of sp³-hybridized carbons (Fsp3) is 0.231. The average Bonchev–Trinajstić information content (AvgIpc) is 2.39. The van der Waals surface area contributed by atoms with Crippen molar-refractivity contribution >= 4 is 11.5 Å². The van der Waals surface area contributed by atoms with E-state index in [1.54, 1.807) is 0 Å². The van der Waals surface area contributed by atoms with Gasteiger partial charge in [-0.3, -0.25) is 4.79 Å². The molecule has 6 heteroatoms. The Morgan fingerprint density at radius 3 is 2.84 bits per heavy atom. The number of nitrogens with one attached hydrogen (secondary N) is 2. The summed E-state index contributed by atoms with van der Waals surface area (Å²) in [6, 6.07) is 7.44. The Balaban J connectivity index is 2.29. The summed E-state index contributed by atoms with van der Waals surface area (Å²) in [7, 11) is 1.43. The van der Waals surface area contributed by atoms with E-state index in [4.69, 9.17) is 10.5 Å². The molecule has 1 heterocycles. The van der Waals surface area contributed by atoms with E-state index in [-0.39, 0.29) is 17.4 Å². The number of nitrogen functional groups attached to an aromatic ring is 1. The highest BCUT2D eigenvalue weighted by atomic mass is 16.5. The quantitative estimate of drug-likeness (QED) is 0.725. The van der Waals surface area contributed by atoms with Gasteiger partial charge in [-0.25, -0.2) is 4.98 Å². The monoisotopic (exact) mass is 260 g/mol. The van der Waals surface area contributed by atoms with E-state index >= 15 is 0 Å². The molecule has 0 radical (unpaired) electrons. The van der Waals surface area contributed by atoms with Crippen molar-refractivity contribution in [3.8, 4) is 5.75 Å². The average molecular weight is 260 g/mol. The number of nitrogens with two attached hydrogens (primary N) is 1. The molecule has 0 fully saturated rings. The zero-order valence-corrected chi connectivity index (χ0v) is 10.8. The van der Waals surface area contributed by atoms with Crippen LogP contribution in [-0.2, 0) is 0 Å². The molecular weight excluding hydrogens is 244 g/mol. The van der Waals surface area contributed by atoms with Crippen LogP contribution in [0.5, 0.6) is 5.75 Å². The smallest absolute Gasteiger partial charge is 0.295 e. The minimum absolute atomic E-state index is 0.0931. The molecule has 2 rings (SSSR count). The Bertz CT molecular complexity index is 624. The van der Waals surface area contributed by atoms with Crippen molar-refractivity contribution in [1.29, 1.82) is 0 Å². The van der Waals surface area contributed by atoms with E-state index in [0.29, 0.717) is 11.5 Å². The summed E-state index contributed by atoms with van der Waals surface area (Å²) in [6.07, 6.45) is 1.33. The first kappa shape index (κ1) is 12.9. The molecule has 0 saturated heterocycles. The summed E-state index contributed by atoms with van der Waals surface area (Å²) < 4.78 is 5.04. The van der Waals surface area contributed by atoms with E-state index in [2.05, 4.69) is 15.3 Å². The maximum absolute atomic E-state index is 11.6. The molecule has 4 N–H and O–H groups in total. The largest absolute Gasteiger partial charge is 0.489 e. The number of hydrogen-bond donors (Lipinski definition) is 3. The summed E-state index contributed by atoms with van der Waals surface area (Å²) in [5, 5.41) is 3.12. The standard InChI is InChI=1S/C13H16N4O2/c1-8(9-5-3-4-6-10(9)14)17-12-11(19-2)13(18)16-7-15-12/h3-8H,14H2,1-2H3,(H2,15,16,17,18). The first-order chi connectivity index (χ1) is 9.13. The van der Waals surface area contributed by atoms with E-state index in [1.165, 1.54) is 13.4 Å². The number of H-pyrrole nitrogens is 1. The molecule has 0 aliphatic rings. The van der Waals surface area contributed by atoms with Gasteiger partial charge in [0.1, 0.15) is 0 Å². The fourth-order valence-corrected chi connectivity index (χ4v) is 1.87. The number of nitrogens with zero attached hydrogens (tertiary/aromatic N) is 1. The molecule has 19 heavy (non-hydrogen) atoms. The van der Waals surface area contributed by atoms with E-state index in [0.717, 1.165) is 5.56 Å². The zero-order valence-electron chi connectivity index (χ0n) is 10.8. The molecule has 0 aliphatic carbocycles. The van der Waals surface area contributed by atoms with Crippen LogP contribution in [0.2, 0.25) is 0 Å². The Labute approximate surface area is 110 Å². The number of ether oxygens (including phenoxy) is 1. The van der Waals surface area contributed by atoms with Gasteiger partial charge in [0.2, 0.25) is 5.75 Å². The Kier molecular flexibility index (Phi) is 3.70. The van der Waals surface area contributed by atoms with Crippen molar-refractivity contribution in [3.05, 3.63) is 46.5 Å². The number of para-hydroxylation sites is 1. The van der Waals surface area contributed by atoms with E-state index in [9.17, 15) is 4.79 Å². The van der Waals surface area contributed by atoms with Gasteiger partial charge in [-0.1, -0.05) is 18.2 Å². The predicted molar refractivity (Wildman–Crippen MR) is 74.3 cm³/mol. The molecule has 1 unspecified atom stereocenters. The molecule has 0 saturated carbocycles. The predicted octanol–water partition coefficient (Wildman–Crippen LogP) is 1.53. The second-order valence-electron chi connectivity index (χ2n) is 4.11. The summed E-state index contributed by atoms with van der Waals surface area (Å²) >= 11 is 0. The Hall–Kier alpha value is -2.50. The number of aromatic nitrogens is 2. The van der Waals surface area contributed by atoms with Gasteiger partial charge < -0.3 is 20.8 Å². The van der Waals surface area contributed by atoms with E-state index < -0.39 is 0 Å². The molecule has 100 valence electrons. The zero-order chi connectivity index (χ0) is 13.8. The van der Waals surface area contributed by atoms with Crippen LogP contribution in [0.4, 0.5) is 11.5 Å². The molecule has 1 atom stereocenters. The van der Waals surface area contributed by atoms with Gasteiger partial charge in [0.15, 0.2) is 5.82 Å². The Morgan fingerprint density at radius 1 is 1.42 bits per heavy atom. The number of rotatable bonds is 4. The van der Waals surface area contributed by atoms with Crippen LogP contribution in [0.1, 0.15) is 18.5 Å². The van der Waals surface area contributed by atoms with Crippen LogP contribution in [0.3, 0.4) is 0 Å². The van der Waals surface area contributed by atoms with Gasteiger partial charge >= 0.3 is 0 Å². The number of hydrogen-bond acceptors (Lipinski definition) is 5. The summed E-state index contributed by atoms with van der Waals surface area (Å²) in [4.78, 5) is 18.1. The van der Waals surface area contributed by atoms with Crippen molar-refractivity contribution in [2.24, 2.45) is 0 Å². The maximum Gasteiger partial charge on any atom is 0.295 e. The van der Waals surface area contributed by atoms with Crippen LogP contribution < -0.4 is 21.3 Å². The lowest BCUT2D eigenvalue weighted by atomic mass is 10.1. The minimum atomic E-state index is -0.326. The van der Waals surface area contributed by atoms with Crippen LogP contribution in [0.15, 0.2) is 35.4 Å². The summed E-state index contributed by atoms with van der Waals surface area (Å²) in [5.74, 6) is 0.547. The molecule has 0 bridgehead atoms. The lowest BCUT2D eigenvalue weighted by molar-refractivity contribution is 0.407. The molecule has 0 spiro atoms. The number of methoxy groups -OCH3 is 1. The second-order valence-corrected chi connectivity index (χ2v) is 4.11. The third-order valence-electron chi connectivity index (χ3n) is 2.83. The highest BCUT2D eigenvalue weighted by Gasteiger charge is 2.14. The van der Waals surface area contributed by atoms with Crippen LogP contribution in [0, 0.1) is 0 Å². The van der Waals surface area contributed by atoms with Gasteiger partial charge in [0.25, 0.3) is 5.56 Å². The second kappa shape index (κ2) is 5.43. The normalized spacial score (nSPS) is 11.9. The van der Waals surface area contributed by atoms with Crippen LogP contribution in [-0.4, -0.2) is 17.1 Å². The molecule has 1 aromatic carbocycles. The van der Waals surface area contributed by atoms with Crippen LogP contribution >= 0.6 is 0 Å². The number of anilines is 2. The lowest BCUT2D eigenvalue weighted by Gasteiger charge is -2.17. The van der Waals surface area contributed by atoms with Gasteiger partial charge in [-0.15, -0.1) is 0 Å². The highest BCUT2D eigenvalue weighted by molar-refractivity contribution is 5.54. The third kappa shape index (κ3) is 2.67. The fourth-order valence-electron chi connectivity index (χ4n) is 1.87. The van der Waals surface area contributed by atoms with Crippen molar-refractivity contribution < 1.29 is 4.74 Å². The van der Waals surface area contributed by atoms with Crippen molar-refractivity contribution in [1.82, 2.24) is 9.97 Å². The molecular formula is C13H16N4O2. The van der Waals surface area contributed by atoms with E-state index in [1.807, 2.05) is 31.2 Å². The van der Waals surface area contributed by atoms with Gasteiger partial charge in [0, 0.05) is 5.69 Å². The first-order valence-corrected chi connectivity index (χ1v) is 5.86. The molecule has 1 aromatic heterocycles. The van der Waals surface area contributed by atoms with Gasteiger partial charge in [-0.2, -0.15) is 0 Å². The summed E-state index contributed by atoms with van der Waals surface area (Å²) in [6.45, 7) is 1.94. The molecule has 2 aromatic rings. The maximum atomic E-state index is 11.6. The van der Waals surface area contributed by atoms with Gasteiger partial charge in [-0.05, 0) is 18.6 Å². The Morgan fingerprint density at radius 2 is 2.16 bits per heavy atom. The number of benzene rings is 1. The molecule has 6 nitrogen and oxygen atoms in total. The molecule has 0 aliphatic heterocycles. The topological polar surface area (TPSA) is 93.0 Å². The minimum Gasteiger partial charge on any atom is -0.489 e. The van der Waals surface area contributed by atoms with Crippen molar-refractivity contribution in [3.63, 3.8) is 0 Å². The summed E-state index contributed by atoms with van der Waals surface area (Å²) in [5.41, 5.74) is 7.21. The third-order valence-corrected chi connectivity index (χ3v) is 2.83. The number of aromatic amines is 1. The van der Waals surface area contributed by atoms with Crippen LogP contribution in [0.25, 0.3) is 0 Å². The van der Waals surface area contributed by atoms with Crippen molar-refractivity contribution in [2.75, 3.05) is 18.2 Å².